The van der Waals surface area contributed by atoms with Crippen LogP contribution in [0.25, 0.3) is 0 Å². The highest BCUT2D eigenvalue weighted by atomic mass is 16.5. The molecule has 30 heavy (non-hydrogen) atoms. The standard InChI is InChI=1S/C23H30N4O3/c1-17(2)21(26-23(29)25-19-6-4-3-5-7-19)22(28)24-20-10-8-18(9-11-20)16-27-12-14-30-15-13-27/h3-11,17,21H,12-16H2,1-2H3,(H,24,28)(H2,25,26,29)/t21-/m1/s1. The molecular weight excluding hydrogens is 380 g/mol. The van der Waals surface area contributed by atoms with Crippen molar-refractivity contribution in [2.24, 2.45) is 5.92 Å². The Morgan fingerprint density at radius 3 is 2.20 bits per heavy atom. The Morgan fingerprint density at radius 1 is 0.933 bits per heavy atom. The first-order chi connectivity index (χ1) is 14.5. The maximum absolute atomic E-state index is 12.8. The second-order valence-corrected chi connectivity index (χ2v) is 7.76. The number of nitrogens with one attached hydrogen (secondary N) is 3. The molecule has 0 bridgehead atoms. The van der Waals surface area contributed by atoms with Gasteiger partial charge < -0.3 is 20.7 Å². The van der Waals surface area contributed by atoms with Crippen LogP contribution >= 0.6 is 0 Å². The summed E-state index contributed by atoms with van der Waals surface area (Å²) in [5.74, 6) is -0.304. The van der Waals surface area contributed by atoms with Gasteiger partial charge >= 0.3 is 6.03 Å². The van der Waals surface area contributed by atoms with Gasteiger partial charge in [-0.3, -0.25) is 9.69 Å². The summed E-state index contributed by atoms with van der Waals surface area (Å²) in [5.41, 5.74) is 2.58. The lowest BCUT2D eigenvalue weighted by Gasteiger charge is -2.26. The Kier molecular flexibility index (Phi) is 7.82. The maximum atomic E-state index is 12.8. The van der Waals surface area contributed by atoms with Crippen molar-refractivity contribution in [1.82, 2.24) is 10.2 Å². The van der Waals surface area contributed by atoms with Gasteiger partial charge in [0.15, 0.2) is 0 Å². The fourth-order valence-corrected chi connectivity index (χ4v) is 3.30. The van der Waals surface area contributed by atoms with E-state index in [0.29, 0.717) is 11.4 Å². The van der Waals surface area contributed by atoms with Gasteiger partial charge in [-0.15, -0.1) is 0 Å². The number of rotatable bonds is 7. The number of ether oxygens (including phenoxy) is 1. The van der Waals surface area contributed by atoms with Gasteiger partial charge in [-0.2, -0.15) is 0 Å². The Hall–Kier alpha value is -2.90. The van der Waals surface area contributed by atoms with Gasteiger partial charge in [0.1, 0.15) is 6.04 Å². The molecule has 160 valence electrons. The first-order valence-corrected chi connectivity index (χ1v) is 10.3. The minimum absolute atomic E-state index is 0.0629. The number of benzene rings is 2. The SMILES string of the molecule is CC(C)[C@@H](NC(=O)Nc1ccccc1)C(=O)Nc1ccc(CN2CCOCC2)cc1. The van der Waals surface area contributed by atoms with E-state index in [2.05, 4.69) is 20.9 Å². The Morgan fingerprint density at radius 2 is 1.57 bits per heavy atom. The topological polar surface area (TPSA) is 82.7 Å². The van der Waals surface area contributed by atoms with Gasteiger partial charge in [0.05, 0.1) is 13.2 Å². The van der Waals surface area contributed by atoms with Gasteiger partial charge in [0, 0.05) is 31.0 Å². The molecule has 2 aromatic carbocycles. The zero-order valence-electron chi connectivity index (χ0n) is 17.6. The number of carbonyl (C=O) groups is 2. The maximum Gasteiger partial charge on any atom is 0.319 e. The minimum Gasteiger partial charge on any atom is -0.379 e. The summed E-state index contributed by atoms with van der Waals surface area (Å²) in [6, 6.07) is 15.9. The molecule has 1 fully saturated rings. The van der Waals surface area contributed by atoms with Crippen LogP contribution in [0.15, 0.2) is 54.6 Å². The van der Waals surface area contributed by atoms with Crippen molar-refractivity contribution in [3.63, 3.8) is 0 Å². The largest absolute Gasteiger partial charge is 0.379 e. The van der Waals surface area contributed by atoms with Crippen LogP contribution in [0.4, 0.5) is 16.2 Å². The van der Waals surface area contributed by atoms with Gasteiger partial charge in [-0.05, 0) is 35.7 Å². The summed E-state index contributed by atoms with van der Waals surface area (Å²) in [7, 11) is 0. The Labute approximate surface area is 177 Å². The first kappa shape index (κ1) is 21.8. The van der Waals surface area contributed by atoms with Gasteiger partial charge in [0.25, 0.3) is 0 Å². The third-order valence-corrected chi connectivity index (χ3v) is 5.00. The van der Waals surface area contributed by atoms with Gasteiger partial charge in [0.2, 0.25) is 5.91 Å². The third-order valence-electron chi connectivity index (χ3n) is 5.00. The van der Waals surface area contributed by atoms with E-state index in [9.17, 15) is 9.59 Å². The van der Waals surface area contributed by atoms with Crippen molar-refractivity contribution < 1.29 is 14.3 Å². The molecule has 0 unspecified atom stereocenters. The van der Waals surface area contributed by atoms with Crippen LogP contribution in [0, 0.1) is 5.92 Å². The summed E-state index contributed by atoms with van der Waals surface area (Å²) in [6.07, 6.45) is 0. The molecule has 0 aromatic heterocycles. The second-order valence-electron chi connectivity index (χ2n) is 7.76. The molecule has 3 amide bonds. The monoisotopic (exact) mass is 410 g/mol. The van der Waals surface area contributed by atoms with E-state index in [1.54, 1.807) is 12.1 Å². The Balaban J connectivity index is 1.54. The smallest absolute Gasteiger partial charge is 0.319 e. The lowest BCUT2D eigenvalue weighted by Crippen LogP contribution is -2.48. The van der Waals surface area contributed by atoms with Crippen LogP contribution in [-0.2, 0) is 16.1 Å². The number of morpholine rings is 1. The van der Waals surface area contributed by atoms with E-state index < -0.39 is 12.1 Å². The molecule has 1 aliphatic heterocycles. The number of nitrogens with zero attached hydrogens (tertiary/aromatic N) is 1. The predicted molar refractivity (Wildman–Crippen MR) is 118 cm³/mol. The number of hydrogen-bond acceptors (Lipinski definition) is 4. The van der Waals surface area contributed by atoms with Crippen molar-refractivity contribution in [3.05, 3.63) is 60.2 Å². The van der Waals surface area contributed by atoms with Crippen molar-refractivity contribution in [1.29, 1.82) is 0 Å². The van der Waals surface area contributed by atoms with Crippen LogP contribution in [0.3, 0.4) is 0 Å². The number of hydrogen-bond donors (Lipinski definition) is 3. The summed E-state index contributed by atoms with van der Waals surface area (Å²) < 4.78 is 5.38. The molecule has 2 aromatic rings. The number of anilines is 2. The zero-order valence-corrected chi connectivity index (χ0v) is 17.6. The molecule has 7 heteroatoms. The van der Waals surface area contributed by atoms with Crippen molar-refractivity contribution in [3.8, 4) is 0 Å². The minimum atomic E-state index is -0.651. The van der Waals surface area contributed by atoms with Crippen molar-refractivity contribution >= 4 is 23.3 Å². The highest BCUT2D eigenvalue weighted by molar-refractivity contribution is 5.99. The number of para-hydroxylation sites is 1. The van der Waals surface area contributed by atoms with Gasteiger partial charge in [-0.1, -0.05) is 44.2 Å². The molecule has 3 rings (SSSR count). The van der Waals surface area contributed by atoms with E-state index in [1.165, 1.54) is 5.56 Å². The highest BCUT2D eigenvalue weighted by Gasteiger charge is 2.24. The molecule has 1 atom stereocenters. The van der Waals surface area contributed by atoms with Crippen molar-refractivity contribution in [2.75, 3.05) is 36.9 Å². The zero-order chi connectivity index (χ0) is 21.3. The molecule has 3 N–H and O–H groups in total. The number of amides is 3. The normalized spacial score (nSPS) is 15.4. The lowest BCUT2D eigenvalue weighted by atomic mass is 10.0. The number of carbonyl (C=O) groups excluding carboxylic acids is 2. The fraction of sp³-hybridized carbons (Fsp3) is 0.391. The summed E-state index contributed by atoms with van der Waals surface area (Å²) in [5, 5.41) is 8.43. The van der Waals surface area contributed by atoms with E-state index >= 15 is 0 Å². The van der Waals surface area contributed by atoms with E-state index in [1.807, 2.05) is 56.3 Å². The van der Waals surface area contributed by atoms with Crippen LogP contribution in [0.2, 0.25) is 0 Å². The van der Waals surface area contributed by atoms with Gasteiger partial charge in [-0.25, -0.2) is 4.79 Å². The predicted octanol–water partition coefficient (Wildman–Crippen LogP) is 3.30. The van der Waals surface area contributed by atoms with Crippen molar-refractivity contribution in [2.45, 2.75) is 26.4 Å². The van der Waals surface area contributed by atoms with E-state index in [4.69, 9.17) is 4.74 Å². The molecule has 0 spiro atoms. The van der Waals surface area contributed by atoms with Crippen LogP contribution in [0.5, 0.6) is 0 Å². The van der Waals surface area contributed by atoms with Crippen LogP contribution in [-0.4, -0.2) is 49.2 Å². The first-order valence-electron chi connectivity index (χ1n) is 10.3. The summed E-state index contributed by atoms with van der Waals surface area (Å²) >= 11 is 0. The molecule has 0 aliphatic carbocycles. The highest BCUT2D eigenvalue weighted by Crippen LogP contribution is 2.14. The number of urea groups is 1. The lowest BCUT2D eigenvalue weighted by molar-refractivity contribution is -0.118. The Bertz CT molecular complexity index is 818. The molecule has 1 aliphatic rings. The molecule has 1 heterocycles. The van der Waals surface area contributed by atoms with Crippen LogP contribution < -0.4 is 16.0 Å². The fourth-order valence-electron chi connectivity index (χ4n) is 3.30. The summed E-state index contributed by atoms with van der Waals surface area (Å²) in [6.45, 7) is 8.09. The average Bonchev–Trinajstić information content (AvgIpc) is 2.74. The quantitative estimate of drug-likeness (QED) is 0.654. The molecule has 7 nitrogen and oxygen atoms in total. The molecule has 0 saturated carbocycles. The van der Waals surface area contributed by atoms with E-state index in [-0.39, 0.29) is 11.8 Å². The average molecular weight is 411 g/mol. The third kappa shape index (κ3) is 6.57. The van der Waals surface area contributed by atoms with E-state index in [0.717, 1.165) is 32.8 Å². The molecular formula is C23H30N4O3. The second kappa shape index (κ2) is 10.8. The summed E-state index contributed by atoms with van der Waals surface area (Å²) in [4.78, 5) is 27.4. The molecule has 1 saturated heterocycles. The van der Waals surface area contributed by atoms with Crippen LogP contribution in [0.1, 0.15) is 19.4 Å². The molecule has 0 radical (unpaired) electrons.